The van der Waals surface area contributed by atoms with Gasteiger partial charge in [-0.2, -0.15) is 0 Å². The Morgan fingerprint density at radius 2 is 2.05 bits per heavy atom. The Morgan fingerprint density at radius 1 is 1.25 bits per heavy atom. The zero-order valence-electron chi connectivity index (χ0n) is 12.2. The third kappa shape index (κ3) is 2.93. The predicted molar refractivity (Wildman–Crippen MR) is 85.3 cm³/mol. The SMILES string of the molecule is CCCNC1CCN(c2cnc3ccccc3c2)CC1. The second-order valence-electron chi connectivity index (χ2n) is 5.60. The molecule has 1 fully saturated rings. The van der Waals surface area contributed by atoms with Crippen molar-refractivity contribution in [2.24, 2.45) is 0 Å². The Hall–Kier alpha value is -1.61. The first-order valence-electron chi connectivity index (χ1n) is 7.70. The van der Waals surface area contributed by atoms with E-state index in [2.05, 4.69) is 46.4 Å². The summed E-state index contributed by atoms with van der Waals surface area (Å²) in [5, 5.41) is 4.86. The van der Waals surface area contributed by atoms with Crippen molar-refractivity contribution in [1.82, 2.24) is 10.3 Å². The molecule has 20 heavy (non-hydrogen) atoms. The highest BCUT2D eigenvalue weighted by atomic mass is 15.2. The van der Waals surface area contributed by atoms with Crippen molar-refractivity contribution in [2.45, 2.75) is 32.2 Å². The number of nitrogens with zero attached hydrogens (tertiary/aromatic N) is 2. The van der Waals surface area contributed by atoms with Gasteiger partial charge in [0.2, 0.25) is 0 Å². The molecule has 1 saturated heterocycles. The predicted octanol–water partition coefficient (Wildman–Crippen LogP) is 3.20. The van der Waals surface area contributed by atoms with E-state index < -0.39 is 0 Å². The number of fused-ring (bicyclic) bond motifs is 1. The van der Waals surface area contributed by atoms with Crippen LogP contribution in [0, 0.1) is 0 Å². The molecule has 0 radical (unpaired) electrons. The van der Waals surface area contributed by atoms with Crippen LogP contribution in [0.3, 0.4) is 0 Å². The van der Waals surface area contributed by atoms with Gasteiger partial charge in [0.15, 0.2) is 0 Å². The first-order valence-corrected chi connectivity index (χ1v) is 7.70. The van der Waals surface area contributed by atoms with E-state index in [1.54, 1.807) is 0 Å². The van der Waals surface area contributed by atoms with Gasteiger partial charge in [-0.3, -0.25) is 4.98 Å². The number of aromatic nitrogens is 1. The molecule has 1 aromatic carbocycles. The lowest BCUT2D eigenvalue weighted by Gasteiger charge is -2.34. The summed E-state index contributed by atoms with van der Waals surface area (Å²) in [5.41, 5.74) is 2.34. The summed E-state index contributed by atoms with van der Waals surface area (Å²) >= 11 is 0. The van der Waals surface area contributed by atoms with Gasteiger partial charge in [-0.15, -0.1) is 0 Å². The summed E-state index contributed by atoms with van der Waals surface area (Å²) in [5.74, 6) is 0. The van der Waals surface area contributed by atoms with Crippen molar-refractivity contribution in [3.05, 3.63) is 36.5 Å². The van der Waals surface area contributed by atoms with Gasteiger partial charge >= 0.3 is 0 Å². The van der Waals surface area contributed by atoms with Crippen LogP contribution in [0.2, 0.25) is 0 Å². The Kier molecular flexibility index (Phi) is 4.16. The number of pyridine rings is 1. The molecular formula is C17H23N3. The van der Waals surface area contributed by atoms with Crippen molar-refractivity contribution in [3.8, 4) is 0 Å². The van der Waals surface area contributed by atoms with E-state index in [-0.39, 0.29) is 0 Å². The first-order chi connectivity index (χ1) is 9.86. The van der Waals surface area contributed by atoms with E-state index in [0.29, 0.717) is 6.04 Å². The number of rotatable bonds is 4. The molecule has 0 bridgehead atoms. The fourth-order valence-corrected chi connectivity index (χ4v) is 2.92. The van der Waals surface area contributed by atoms with E-state index in [9.17, 15) is 0 Å². The molecule has 1 aliphatic heterocycles. The molecule has 2 heterocycles. The van der Waals surface area contributed by atoms with E-state index in [1.807, 2.05) is 12.3 Å². The van der Waals surface area contributed by atoms with Gasteiger partial charge in [0.1, 0.15) is 0 Å². The van der Waals surface area contributed by atoms with Gasteiger partial charge in [-0.05, 0) is 37.9 Å². The van der Waals surface area contributed by atoms with Crippen LogP contribution in [0.4, 0.5) is 5.69 Å². The zero-order valence-corrected chi connectivity index (χ0v) is 12.2. The fraction of sp³-hybridized carbons (Fsp3) is 0.471. The standard InChI is InChI=1S/C17H23N3/c1-2-9-18-15-7-10-20(11-8-15)16-12-14-5-3-4-6-17(14)19-13-16/h3-6,12-13,15,18H,2,7-11H2,1H3. The van der Waals surface area contributed by atoms with Gasteiger partial charge in [-0.25, -0.2) is 0 Å². The average Bonchev–Trinajstić information content (AvgIpc) is 2.53. The van der Waals surface area contributed by atoms with E-state index >= 15 is 0 Å². The van der Waals surface area contributed by atoms with Crippen molar-refractivity contribution in [3.63, 3.8) is 0 Å². The van der Waals surface area contributed by atoms with E-state index in [0.717, 1.165) is 25.2 Å². The van der Waals surface area contributed by atoms with Gasteiger partial charge in [0, 0.05) is 24.5 Å². The van der Waals surface area contributed by atoms with Gasteiger partial charge in [0.05, 0.1) is 17.4 Å². The fourth-order valence-electron chi connectivity index (χ4n) is 2.92. The smallest absolute Gasteiger partial charge is 0.0703 e. The van der Waals surface area contributed by atoms with Gasteiger partial charge in [-0.1, -0.05) is 25.1 Å². The maximum absolute atomic E-state index is 4.57. The molecule has 0 atom stereocenters. The maximum Gasteiger partial charge on any atom is 0.0703 e. The lowest BCUT2D eigenvalue weighted by molar-refractivity contribution is 0.416. The molecule has 0 saturated carbocycles. The molecule has 3 heteroatoms. The highest BCUT2D eigenvalue weighted by Crippen LogP contribution is 2.23. The summed E-state index contributed by atoms with van der Waals surface area (Å²) in [6.45, 7) is 5.62. The van der Waals surface area contributed by atoms with Crippen LogP contribution in [0.25, 0.3) is 10.9 Å². The normalized spacial score (nSPS) is 16.8. The summed E-state index contributed by atoms with van der Waals surface area (Å²) in [6.07, 6.45) is 5.69. The van der Waals surface area contributed by atoms with E-state index in [1.165, 1.54) is 30.3 Å². The number of hydrogen-bond acceptors (Lipinski definition) is 3. The second-order valence-corrected chi connectivity index (χ2v) is 5.60. The molecule has 0 aliphatic carbocycles. The minimum Gasteiger partial charge on any atom is -0.370 e. The van der Waals surface area contributed by atoms with Crippen LogP contribution in [0.15, 0.2) is 36.5 Å². The molecule has 0 unspecified atom stereocenters. The summed E-state index contributed by atoms with van der Waals surface area (Å²) in [6, 6.07) is 11.3. The Balaban J connectivity index is 1.67. The molecule has 1 N–H and O–H groups in total. The van der Waals surface area contributed by atoms with Crippen molar-refractivity contribution in [1.29, 1.82) is 0 Å². The summed E-state index contributed by atoms with van der Waals surface area (Å²) < 4.78 is 0. The summed E-state index contributed by atoms with van der Waals surface area (Å²) in [7, 11) is 0. The van der Waals surface area contributed by atoms with Crippen LogP contribution in [0.1, 0.15) is 26.2 Å². The van der Waals surface area contributed by atoms with Crippen LogP contribution in [-0.2, 0) is 0 Å². The molecule has 3 rings (SSSR count). The van der Waals surface area contributed by atoms with Gasteiger partial charge < -0.3 is 10.2 Å². The molecule has 0 spiro atoms. The minimum absolute atomic E-state index is 0.694. The quantitative estimate of drug-likeness (QED) is 0.924. The number of hydrogen-bond donors (Lipinski definition) is 1. The van der Waals surface area contributed by atoms with Crippen LogP contribution >= 0.6 is 0 Å². The van der Waals surface area contributed by atoms with Crippen LogP contribution in [0.5, 0.6) is 0 Å². The second kappa shape index (κ2) is 6.23. The number of benzene rings is 1. The highest BCUT2D eigenvalue weighted by Gasteiger charge is 2.18. The maximum atomic E-state index is 4.57. The van der Waals surface area contributed by atoms with Gasteiger partial charge in [0.25, 0.3) is 0 Å². The van der Waals surface area contributed by atoms with Crippen LogP contribution < -0.4 is 10.2 Å². The number of nitrogens with one attached hydrogen (secondary N) is 1. The topological polar surface area (TPSA) is 28.2 Å². The molecule has 1 aliphatic rings. The monoisotopic (exact) mass is 269 g/mol. The lowest BCUT2D eigenvalue weighted by atomic mass is 10.0. The summed E-state index contributed by atoms with van der Waals surface area (Å²) in [4.78, 5) is 7.03. The van der Waals surface area contributed by atoms with Crippen LogP contribution in [-0.4, -0.2) is 30.7 Å². The molecule has 1 aromatic heterocycles. The third-order valence-electron chi connectivity index (χ3n) is 4.12. The number of piperidine rings is 1. The Morgan fingerprint density at radius 3 is 2.85 bits per heavy atom. The molecule has 0 amide bonds. The Bertz CT molecular complexity index is 559. The highest BCUT2D eigenvalue weighted by molar-refractivity contribution is 5.81. The zero-order chi connectivity index (χ0) is 13.8. The largest absolute Gasteiger partial charge is 0.370 e. The Labute approximate surface area is 121 Å². The average molecular weight is 269 g/mol. The molecule has 3 nitrogen and oxygen atoms in total. The van der Waals surface area contributed by atoms with Crippen molar-refractivity contribution < 1.29 is 0 Å². The van der Waals surface area contributed by atoms with Crippen molar-refractivity contribution in [2.75, 3.05) is 24.5 Å². The van der Waals surface area contributed by atoms with Crippen molar-refractivity contribution >= 4 is 16.6 Å². The first kappa shape index (κ1) is 13.4. The molecule has 106 valence electrons. The molecular weight excluding hydrogens is 246 g/mol. The molecule has 2 aromatic rings. The number of anilines is 1. The number of para-hydroxylation sites is 1. The lowest BCUT2D eigenvalue weighted by Crippen LogP contribution is -2.42. The van der Waals surface area contributed by atoms with E-state index in [4.69, 9.17) is 0 Å². The third-order valence-corrected chi connectivity index (χ3v) is 4.12. The minimum atomic E-state index is 0.694.